The second kappa shape index (κ2) is 6.70. The first-order valence-electron chi connectivity index (χ1n) is 7.10. The van der Waals surface area contributed by atoms with Crippen molar-refractivity contribution in [2.45, 2.75) is 39.7 Å². The lowest BCUT2D eigenvalue weighted by molar-refractivity contribution is 0.232. The Labute approximate surface area is 115 Å². The largest absolute Gasteiger partial charge is 0.475 e. The van der Waals surface area contributed by atoms with Gasteiger partial charge in [0.05, 0.1) is 6.10 Å². The summed E-state index contributed by atoms with van der Waals surface area (Å²) in [4.78, 5) is 8.77. The molecule has 0 bridgehead atoms. The summed E-state index contributed by atoms with van der Waals surface area (Å²) in [7, 11) is 0. The van der Waals surface area contributed by atoms with Crippen LogP contribution in [0.25, 0.3) is 0 Å². The van der Waals surface area contributed by atoms with Gasteiger partial charge in [0.25, 0.3) is 0 Å². The summed E-state index contributed by atoms with van der Waals surface area (Å²) >= 11 is 0. The number of ether oxygens (including phenoxy) is 1. The molecule has 1 aliphatic rings. The smallest absolute Gasteiger partial charge is 0.226 e. The molecule has 1 aromatic heterocycles. The van der Waals surface area contributed by atoms with Crippen LogP contribution in [0.1, 0.15) is 32.4 Å². The second-order valence-corrected chi connectivity index (χ2v) is 5.41. The number of aryl methyl sites for hydroxylation is 1. The van der Waals surface area contributed by atoms with Gasteiger partial charge < -0.3 is 15.4 Å². The minimum atomic E-state index is 0.131. The van der Waals surface area contributed by atoms with Crippen molar-refractivity contribution in [3.8, 4) is 5.88 Å². The molecule has 1 unspecified atom stereocenters. The summed E-state index contributed by atoms with van der Waals surface area (Å²) in [6.45, 7) is 9.16. The molecule has 2 rings (SSSR count). The highest BCUT2D eigenvalue weighted by Gasteiger charge is 2.13. The lowest BCUT2D eigenvalue weighted by Gasteiger charge is -2.12. The minimum absolute atomic E-state index is 0.131. The molecule has 0 spiro atoms. The third kappa shape index (κ3) is 4.67. The molecule has 2 N–H and O–H groups in total. The molecular formula is C14H24N4O. The summed E-state index contributed by atoms with van der Waals surface area (Å²) in [5.74, 6) is 2.10. The minimum Gasteiger partial charge on any atom is -0.475 e. The molecule has 0 aromatic carbocycles. The highest BCUT2D eigenvalue weighted by molar-refractivity contribution is 5.30. The molecule has 2 heterocycles. The zero-order valence-electron chi connectivity index (χ0n) is 12.1. The molecule has 5 heteroatoms. The van der Waals surface area contributed by atoms with E-state index in [0.717, 1.165) is 37.7 Å². The molecule has 1 aromatic rings. The Balaban J connectivity index is 1.86. The van der Waals surface area contributed by atoms with Gasteiger partial charge in [-0.15, -0.1) is 0 Å². The molecule has 0 aliphatic carbocycles. The van der Waals surface area contributed by atoms with Crippen molar-refractivity contribution in [2.75, 3.05) is 25.0 Å². The van der Waals surface area contributed by atoms with Gasteiger partial charge in [0.1, 0.15) is 0 Å². The fourth-order valence-corrected chi connectivity index (χ4v) is 2.27. The Morgan fingerprint density at radius 1 is 1.47 bits per heavy atom. The van der Waals surface area contributed by atoms with Crippen molar-refractivity contribution >= 4 is 5.95 Å². The number of aromatic nitrogens is 2. The molecule has 5 nitrogen and oxygen atoms in total. The molecule has 1 atom stereocenters. The topological polar surface area (TPSA) is 59.1 Å². The van der Waals surface area contributed by atoms with Gasteiger partial charge in [-0.2, -0.15) is 4.98 Å². The first-order chi connectivity index (χ1) is 9.13. The first-order valence-corrected chi connectivity index (χ1v) is 7.10. The van der Waals surface area contributed by atoms with E-state index in [0.29, 0.717) is 11.8 Å². The SMILES string of the molecule is Cc1cc(OC(C)C)nc(NCCC2CCNC2)n1. The molecular weight excluding hydrogens is 240 g/mol. The fourth-order valence-electron chi connectivity index (χ4n) is 2.27. The second-order valence-electron chi connectivity index (χ2n) is 5.41. The van der Waals surface area contributed by atoms with Gasteiger partial charge in [0.15, 0.2) is 0 Å². The summed E-state index contributed by atoms with van der Waals surface area (Å²) in [6, 6.07) is 1.87. The summed E-state index contributed by atoms with van der Waals surface area (Å²) in [5, 5.41) is 6.68. The molecule has 1 aliphatic heterocycles. The number of anilines is 1. The van der Waals surface area contributed by atoms with Crippen LogP contribution in [0.2, 0.25) is 0 Å². The Morgan fingerprint density at radius 2 is 2.32 bits per heavy atom. The maximum absolute atomic E-state index is 5.61. The van der Waals surface area contributed by atoms with E-state index in [4.69, 9.17) is 4.74 Å². The highest BCUT2D eigenvalue weighted by atomic mass is 16.5. The number of hydrogen-bond donors (Lipinski definition) is 2. The number of rotatable bonds is 6. The van der Waals surface area contributed by atoms with Crippen LogP contribution < -0.4 is 15.4 Å². The van der Waals surface area contributed by atoms with Crippen LogP contribution >= 0.6 is 0 Å². The summed E-state index contributed by atoms with van der Waals surface area (Å²) in [5.41, 5.74) is 0.927. The van der Waals surface area contributed by atoms with Gasteiger partial charge in [0, 0.05) is 18.3 Å². The average Bonchev–Trinajstić information content (AvgIpc) is 2.80. The number of nitrogens with zero attached hydrogens (tertiary/aromatic N) is 2. The van der Waals surface area contributed by atoms with Gasteiger partial charge in [-0.05, 0) is 52.6 Å². The average molecular weight is 264 g/mol. The zero-order valence-corrected chi connectivity index (χ0v) is 12.1. The van der Waals surface area contributed by atoms with Crippen molar-refractivity contribution in [3.63, 3.8) is 0 Å². The monoisotopic (exact) mass is 264 g/mol. The van der Waals surface area contributed by atoms with Crippen LogP contribution in [0.15, 0.2) is 6.07 Å². The molecule has 0 saturated carbocycles. The van der Waals surface area contributed by atoms with E-state index in [2.05, 4.69) is 20.6 Å². The van der Waals surface area contributed by atoms with Crippen molar-refractivity contribution in [1.82, 2.24) is 15.3 Å². The molecule has 1 saturated heterocycles. The Kier molecular flexibility index (Phi) is 4.96. The van der Waals surface area contributed by atoms with Crippen LogP contribution in [0.4, 0.5) is 5.95 Å². The summed E-state index contributed by atoms with van der Waals surface area (Å²) < 4.78 is 5.61. The maximum atomic E-state index is 5.61. The predicted molar refractivity (Wildman–Crippen MR) is 76.6 cm³/mol. The fraction of sp³-hybridized carbons (Fsp3) is 0.714. The van der Waals surface area contributed by atoms with Gasteiger partial charge in [0.2, 0.25) is 11.8 Å². The quantitative estimate of drug-likeness (QED) is 0.823. The van der Waals surface area contributed by atoms with Gasteiger partial charge >= 0.3 is 0 Å². The van der Waals surface area contributed by atoms with Crippen molar-refractivity contribution in [1.29, 1.82) is 0 Å². The Morgan fingerprint density at radius 3 is 3.00 bits per heavy atom. The first kappa shape index (κ1) is 14.1. The van der Waals surface area contributed by atoms with Crippen molar-refractivity contribution < 1.29 is 4.74 Å². The third-order valence-electron chi connectivity index (χ3n) is 3.19. The van der Waals surface area contributed by atoms with E-state index < -0.39 is 0 Å². The van der Waals surface area contributed by atoms with Crippen molar-refractivity contribution in [3.05, 3.63) is 11.8 Å². The Bertz CT molecular complexity index is 402. The van der Waals surface area contributed by atoms with Crippen LogP contribution in [0.5, 0.6) is 5.88 Å². The van der Waals surface area contributed by atoms with Crippen LogP contribution in [0, 0.1) is 12.8 Å². The van der Waals surface area contributed by atoms with Gasteiger partial charge in [-0.1, -0.05) is 0 Å². The number of hydrogen-bond acceptors (Lipinski definition) is 5. The number of nitrogens with one attached hydrogen (secondary N) is 2. The summed E-state index contributed by atoms with van der Waals surface area (Å²) in [6.07, 6.45) is 2.56. The molecule has 0 radical (unpaired) electrons. The van der Waals surface area contributed by atoms with E-state index in [9.17, 15) is 0 Å². The van der Waals surface area contributed by atoms with Crippen LogP contribution in [0.3, 0.4) is 0 Å². The molecule has 19 heavy (non-hydrogen) atoms. The zero-order chi connectivity index (χ0) is 13.7. The highest BCUT2D eigenvalue weighted by Crippen LogP contribution is 2.15. The van der Waals surface area contributed by atoms with Gasteiger partial charge in [-0.3, -0.25) is 0 Å². The van der Waals surface area contributed by atoms with E-state index in [-0.39, 0.29) is 6.10 Å². The van der Waals surface area contributed by atoms with Crippen molar-refractivity contribution in [2.24, 2.45) is 5.92 Å². The Hall–Kier alpha value is -1.36. The van der Waals surface area contributed by atoms with Crippen LogP contribution in [-0.4, -0.2) is 35.7 Å². The maximum Gasteiger partial charge on any atom is 0.226 e. The van der Waals surface area contributed by atoms with E-state index in [1.807, 2.05) is 26.8 Å². The molecule has 0 amide bonds. The van der Waals surface area contributed by atoms with E-state index in [1.165, 1.54) is 6.42 Å². The predicted octanol–water partition coefficient (Wildman–Crippen LogP) is 1.98. The molecule has 1 fully saturated rings. The van der Waals surface area contributed by atoms with Gasteiger partial charge in [-0.25, -0.2) is 4.98 Å². The normalized spacial score (nSPS) is 18.8. The standard InChI is InChI=1S/C14H24N4O/c1-10(2)19-13-8-11(3)17-14(18-13)16-7-5-12-4-6-15-9-12/h8,10,12,15H,4-7,9H2,1-3H3,(H,16,17,18). The lowest BCUT2D eigenvalue weighted by Crippen LogP contribution is -2.14. The lowest BCUT2D eigenvalue weighted by atomic mass is 10.1. The van der Waals surface area contributed by atoms with Crippen LogP contribution in [-0.2, 0) is 0 Å². The van der Waals surface area contributed by atoms with E-state index in [1.54, 1.807) is 0 Å². The molecule has 106 valence electrons. The van der Waals surface area contributed by atoms with E-state index >= 15 is 0 Å². The third-order valence-corrected chi connectivity index (χ3v) is 3.19.